The number of rotatable bonds is 7. The molecule has 1 rings (SSSR count). The second-order valence-electron chi connectivity index (χ2n) is 3.65. The van der Waals surface area contributed by atoms with E-state index in [0.29, 0.717) is 0 Å². The molecule has 0 spiro atoms. The number of aryl methyl sites for hydroxylation is 1. The van der Waals surface area contributed by atoms with Crippen LogP contribution in [0.25, 0.3) is 0 Å². The summed E-state index contributed by atoms with van der Waals surface area (Å²) in [5.74, 6) is 0. The van der Waals surface area contributed by atoms with Crippen LogP contribution in [-0.4, -0.2) is 24.7 Å². The Morgan fingerprint density at radius 3 is 2.50 bits per heavy atom. The Labute approximate surface area is 107 Å². The molecule has 0 atom stereocenters. The maximum absolute atomic E-state index is 5.42. The summed E-state index contributed by atoms with van der Waals surface area (Å²) >= 11 is -1.04. The summed E-state index contributed by atoms with van der Waals surface area (Å²) in [5.41, 5.74) is 2.80. The van der Waals surface area contributed by atoms with Crippen molar-refractivity contribution in [3.63, 3.8) is 0 Å². The van der Waals surface area contributed by atoms with Crippen molar-refractivity contribution >= 4 is 20.1 Å². The molecule has 0 aliphatic carbocycles. The van der Waals surface area contributed by atoms with Gasteiger partial charge in [-0.25, -0.2) is 0 Å². The fourth-order valence-electron chi connectivity index (χ4n) is 1.38. The van der Waals surface area contributed by atoms with E-state index in [9.17, 15) is 0 Å². The molecule has 3 heteroatoms. The normalized spacial score (nSPS) is 11.6. The molecule has 0 aliphatic heterocycles. The fraction of sp³-hybridized carbons (Fsp3) is 0.538. The Morgan fingerprint density at radius 2 is 1.94 bits per heavy atom. The van der Waals surface area contributed by atoms with Crippen LogP contribution in [0.5, 0.6) is 0 Å². The number of hydrogen-bond donors (Lipinski definition) is 1. The molecule has 1 N–H and O–H groups in total. The Kier molecular flexibility index (Phi) is 7.00. The summed E-state index contributed by atoms with van der Waals surface area (Å²) in [6.07, 6.45) is 0. The van der Waals surface area contributed by atoms with Gasteiger partial charge in [-0.2, -0.15) is 0 Å². The molecular weight excluding hydrogens is 313 g/mol. The van der Waals surface area contributed by atoms with Gasteiger partial charge in [-0.1, -0.05) is 0 Å². The van der Waals surface area contributed by atoms with Crippen LogP contribution < -0.4 is 3.53 Å². The predicted octanol–water partition coefficient (Wildman–Crippen LogP) is 3.17. The maximum atomic E-state index is 5.42. The van der Waals surface area contributed by atoms with Crippen molar-refractivity contribution in [2.75, 3.05) is 24.7 Å². The molecule has 92 valence electrons. The van der Waals surface area contributed by atoms with E-state index in [4.69, 9.17) is 4.74 Å². The van der Waals surface area contributed by atoms with Gasteiger partial charge in [0.15, 0.2) is 0 Å². The van der Waals surface area contributed by atoms with Crippen LogP contribution in [-0.2, 0) is 9.16 Å². The number of nitrogens with one attached hydrogen (secondary N) is 1. The minimum absolute atomic E-state index is 0.832. The molecule has 0 aliphatic rings. The van der Waals surface area contributed by atoms with Crippen molar-refractivity contribution in [1.29, 1.82) is 0 Å². The summed E-state index contributed by atoms with van der Waals surface area (Å²) in [4.78, 5) is 0. The molecule has 16 heavy (non-hydrogen) atoms. The standard InChI is InChI=1S/C13H22INO/c1-4-16-10-9-14(15-3)11-13-7-5-12(2)6-8-13/h5-8,15H,4,9-11H2,1-3H3. The molecule has 0 fully saturated rings. The number of hydrogen-bond acceptors (Lipinski definition) is 2. The van der Waals surface area contributed by atoms with Crippen LogP contribution in [0.2, 0.25) is 0 Å². The van der Waals surface area contributed by atoms with E-state index in [-0.39, 0.29) is 0 Å². The van der Waals surface area contributed by atoms with E-state index < -0.39 is 20.1 Å². The zero-order valence-corrected chi connectivity index (χ0v) is 12.6. The van der Waals surface area contributed by atoms with E-state index in [1.54, 1.807) is 0 Å². The van der Waals surface area contributed by atoms with Gasteiger partial charge in [-0.05, 0) is 0 Å². The van der Waals surface area contributed by atoms with Gasteiger partial charge >= 0.3 is 107 Å². The zero-order chi connectivity index (χ0) is 11.8. The van der Waals surface area contributed by atoms with Crippen molar-refractivity contribution in [2.24, 2.45) is 0 Å². The number of ether oxygens (including phenoxy) is 1. The molecular formula is C13H22INO. The molecule has 0 aromatic heterocycles. The molecule has 0 saturated heterocycles. The van der Waals surface area contributed by atoms with Gasteiger partial charge in [0.1, 0.15) is 0 Å². The average molecular weight is 335 g/mol. The van der Waals surface area contributed by atoms with Gasteiger partial charge in [-0.3, -0.25) is 0 Å². The Balaban J connectivity index is 2.40. The van der Waals surface area contributed by atoms with E-state index in [1.165, 1.54) is 20.0 Å². The van der Waals surface area contributed by atoms with Gasteiger partial charge in [0.25, 0.3) is 0 Å². The Hall–Kier alpha value is -0.130. The number of benzene rings is 1. The Morgan fingerprint density at radius 1 is 1.25 bits per heavy atom. The first kappa shape index (κ1) is 13.9. The summed E-state index contributed by atoms with van der Waals surface area (Å²) < 4.78 is 11.4. The third kappa shape index (κ3) is 5.27. The molecule has 0 heterocycles. The SMILES string of the molecule is CCOCCI(Cc1ccc(C)cc1)NC. The first-order chi connectivity index (χ1) is 7.76. The number of halogens is 1. The summed E-state index contributed by atoms with van der Waals surface area (Å²) in [6, 6.07) is 8.89. The molecule has 0 radical (unpaired) electrons. The number of alkyl halides is 2. The van der Waals surface area contributed by atoms with Crippen molar-refractivity contribution in [3.8, 4) is 0 Å². The van der Waals surface area contributed by atoms with Crippen LogP contribution in [0, 0.1) is 6.92 Å². The van der Waals surface area contributed by atoms with Crippen LogP contribution in [0.15, 0.2) is 24.3 Å². The monoisotopic (exact) mass is 335 g/mol. The van der Waals surface area contributed by atoms with Crippen LogP contribution >= 0.6 is 20.1 Å². The van der Waals surface area contributed by atoms with Gasteiger partial charge < -0.3 is 0 Å². The summed E-state index contributed by atoms with van der Waals surface area (Å²) in [5, 5.41) is 0. The van der Waals surface area contributed by atoms with Gasteiger partial charge in [0.2, 0.25) is 0 Å². The molecule has 0 unspecified atom stereocenters. The summed E-state index contributed by atoms with van der Waals surface area (Å²) in [6.45, 7) is 5.93. The van der Waals surface area contributed by atoms with Crippen molar-refractivity contribution in [3.05, 3.63) is 35.4 Å². The molecule has 1 aromatic carbocycles. The van der Waals surface area contributed by atoms with Crippen molar-refractivity contribution in [2.45, 2.75) is 18.3 Å². The van der Waals surface area contributed by atoms with E-state index in [2.05, 4.69) is 48.7 Å². The molecule has 2 nitrogen and oxygen atoms in total. The quantitative estimate of drug-likeness (QED) is 0.358. The van der Waals surface area contributed by atoms with Gasteiger partial charge in [0.05, 0.1) is 0 Å². The second kappa shape index (κ2) is 8.03. The van der Waals surface area contributed by atoms with E-state index >= 15 is 0 Å². The van der Waals surface area contributed by atoms with E-state index in [1.807, 2.05) is 0 Å². The second-order valence-corrected chi connectivity index (χ2v) is 9.17. The molecule has 1 aromatic rings. The van der Waals surface area contributed by atoms with Crippen LogP contribution in [0.3, 0.4) is 0 Å². The predicted molar refractivity (Wildman–Crippen MR) is 79.3 cm³/mol. The molecule has 0 amide bonds. The van der Waals surface area contributed by atoms with Crippen LogP contribution in [0.4, 0.5) is 0 Å². The van der Waals surface area contributed by atoms with Crippen LogP contribution in [0.1, 0.15) is 18.1 Å². The zero-order valence-electron chi connectivity index (χ0n) is 10.4. The first-order valence-electron chi connectivity index (χ1n) is 5.68. The van der Waals surface area contributed by atoms with E-state index in [0.717, 1.165) is 13.2 Å². The third-order valence-corrected chi connectivity index (χ3v) is 7.43. The Bertz CT molecular complexity index is 286. The molecule has 0 saturated carbocycles. The topological polar surface area (TPSA) is 21.3 Å². The van der Waals surface area contributed by atoms with Crippen molar-refractivity contribution < 1.29 is 4.74 Å². The van der Waals surface area contributed by atoms with Gasteiger partial charge in [0, 0.05) is 0 Å². The summed E-state index contributed by atoms with van der Waals surface area (Å²) in [7, 11) is 2.09. The first-order valence-corrected chi connectivity index (χ1v) is 9.81. The fourth-order valence-corrected chi connectivity index (χ4v) is 5.10. The minimum atomic E-state index is -1.04. The molecule has 0 bridgehead atoms. The van der Waals surface area contributed by atoms with Gasteiger partial charge in [-0.15, -0.1) is 0 Å². The third-order valence-electron chi connectivity index (χ3n) is 2.36. The average Bonchev–Trinajstić information content (AvgIpc) is 2.31. The van der Waals surface area contributed by atoms with Crippen molar-refractivity contribution in [1.82, 2.24) is 3.53 Å².